The average molecular weight is 509 g/mol. The number of Topliss-reactive ketones (excluding diaryl/α,β-unsaturated/α-hetero) is 2. The maximum Gasteiger partial charge on any atom is 0.252 e. The van der Waals surface area contributed by atoms with Crippen LogP contribution in [0.25, 0.3) is 5.76 Å². The number of aliphatic hydroxyl groups excluding tert-OH is 2. The van der Waals surface area contributed by atoms with Crippen LogP contribution >= 0.6 is 0 Å². The van der Waals surface area contributed by atoms with Crippen molar-refractivity contribution >= 4 is 23.2 Å². The highest BCUT2D eigenvalue weighted by Gasteiger charge is 2.50. The third-order valence-electron chi connectivity index (χ3n) is 7.89. The summed E-state index contributed by atoms with van der Waals surface area (Å²) >= 11 is 0. The summed E-state index contributed by atoms with van der Waals surface area (Å²) in [6.45, 7) is 9.67. The van der Waals surface area contributed by atoms with Crippen LogP contribution in [0.1, 0.15) is 75.4 Å². The van der Waals surface area contributed by atoms with E-state index in [1.165, 1.54) is 6.07 Å². The number of nitrogens with one attached hydrogen (secondary N) is 1. The standard InChI is InChI=1S/C29H36N2O6/c1-6-13(2)21-22-15(11-19(33)25(21)28(30)37)9-14-10-17-16(20(34)12-31-29(3,4)5)7-8-18(32)24(17)27(36)23(14)26(22)35/h7-8,14-15,22,31-33,36H,6,9-12H2,1-5H3,(H2,30,37)/b21-13+. The minimum Gasteiger partial charge on any atom is -0.511 e. The molecule has 3 unspecified atom stereocenters. The molecule has 0 spiro atoms. The van der Waals surface area contributed by atoms with Gasteiger partial charge in [0.15, 0.2) is 11.6 Å². The van der Waals surface area contributed by atoms with Crippen molar-refractivity contribution in [2.75, 3.05) is 6.54 Å². The van der Waals surface area contributed by atoms with Crippen LogP contribution in [0.4, 0.5) is 0 Å². The molecule has 0 bridgehead atoms. The molecule has 1 aromatic rings. The van der Waals surface area contributed by atoms with E-state index in [0.29, 0.717) is 36.0 Å². The van der Waals surface area contributed by atoms with Crippen LogP contribution in [0.2, 0.25) is 0 Å². The van der Waals surface area contributed by atoms with E-state index in [1.54, 1.807) is 6.07 Å². The highest BCUT2D eigenvalue weighted by atomic mass is 16.3. The second kappa shape index (κ2) is 9.49. The van der Waals surface area contributed by atoms with E-state index < -0.39 is 17.7 Å². The van der Waals surface area contributed by atoms with Crippen molar-refractivity contribution in [3.8, 4) is 5.75 Å². The van der Waals surface area contributed by atoms with Gasteiger partial charge in [0.1, 0.15) is 17.3 Å². The number of hydrogen-bond donors (Lipinski definition) is 5. The number of aromatic hydroxyl groups is 1. The highest BCUT2D eigenvalue weighted by molar-refractivity contribution is 6.10. The second-order valence-electron chi connectivity index (χ2n) is 11.5. The highest BCUT2D eigenvalue weighted by Crippen LogP contribution is 2.53. The van der Waals surface area contributed by atoms with Crippen LogP contribution in [-0.2, 0) is 16.0 Å². The van der Waals surface area contributed by atoms with Gasteiger partial charge in [0.25, 0.3) is 5.91 Å². The molecule has 1 amide bonds. The number of nitrogens with two attached hydrogens (primary N) is 1. The number of rotatable bonds is 5. The van der Waals surface area contributed by atoms with E-state index >= 15 is 0 Å². The molecule has 198 valence electrons. The van der Waals surface area contributed by atoms with E-state index in [4.69, 9.17) is 5.73 Å². The summed E-state index contributed by atoms with van der Waals surface area (Å²) in [5.74, 6) is -3.32. The fourth-order valence-electron chi connectivity index (χ4n) is 6.07. The molecular weight excluding hydrogens is 472 g/mol. The quantitative estimate of drug-likeness (QED) is 0.377. The Morgan fingerprint density at radius 1 is 1.14 bits per heavy atom. The number of aliphatic hydroxyl groups is 2. The Morgan fingerprint density at radius 3 is 2.41 bits per heavy atom. The van der Waals surface area contributed by atoms with Crippen LogP contribution in [0, 0.1) is 17.8 Å². The van der Waals surface area contributed by atoms with Crippen LogP contribution < -0.4 is 11.1 Å². The first-order valence-corrected chi connectivity index (χ1v) is 12.8. The monoisotopic (exact) mass is 508 g/mol. The van der Waals surface area contributed by atoms with Crippen molar-refractivity contribution in [1.29, 1.82) is 0 Å². The van der Waals surface area contributed by atoms with Gasteiger partial charge >= 0.3 is 0 Å². The molecule has 37 heavy (non-hydrogen) atoms. The maximum absolute atomic E-state index is 14.0. The molecule has 3 atom stereocenters. The first-order valence-electron chi connectivity index (χ1n) is 12.8. The molecule has 8 heteroatoms. The molecule has 6 N–H and O–H groups in total. The molecular formula is C29H36N2O6. The minimum atomic E-state index is -0.787. The molecule has 0 aromatic heterocycles. The van der Waals surface area contributed by atoms with Gasteiger partial charge < -0.3 is 26.4 Å². The largest absolute Gasteiger partial charge is 0.511 e. The zero-order valence-electron chi connectivity index (χ0n) is 22.1. The lowest BCUT2D eigenvalue weighted by Gasteiger charge is -2.43. The summed E-state index contributed by atoms with van der Waals surface area (Å²) in [4.78, 5) is 39.4. The molecule has 0 saturated heterocycles. The lowest BCUT2D eigenvalue weighted by Crippen LogP contribution is -2.43. The van der Waals surface area contributed by atoms with Gasteiger partial charge in [0.05, 0.1) is 23.6 Å². The summed E-state index contributed by atoms with van der Waals surface area (Å²) in [6.07, 6.45) is 1.46. The van der Waals surface area contributed by atoms with Gasteiger partial charge in [0, 0.05) is 23.1 Å². The van der Waals surface area contributed by atoms with Crippen molar-refractivity contribution in [2.24, 2.45) is 23.5 Å². The van der Waals surface area contributed by atoms with E-state index in [-0.39, 0.29) is 70.0 Å². The SMILES string of the molecule is CC/C(C)=C1/C(C(N)=O)=C(O)CC2CC3Cc4c(C(=O)CNC(C)(C)C)ccc(O)c4C(O)=C3C(=O)C12. The normalized spacial score (nSPS) is 24.9. The first-order chi connectivity index (χ1) is 17.3. The Morgan fingerprint density at radius 2 is 1.81 bits per heavy atom. The molecule has 1 fully saturated rings. The number of amides is 1. The second-order valence-corrected chi connectivity index (χ2v) is 11.5. The zero-order chi connectivity index (χ0) is 27.4. The van der Waals surface area contributed by atoms with E-state index in [1.807, 2.05) is 34.6 Å². The predicted octanol–water partition coefficient (Wildman–Crippen LogP) is 4.04. The maximum atomic E-state index is 14.0. The van der Waals surface area contributed by atoms with E-state index in [2.05, 4.69) is 5.32 Å². The molecule has 4 rings (SSSR count). The number of benzene rings is 1. The van der Waals surface area contributed by atoms with Crippen molar-refractivity contribution in [3.63, 3.8) is 0 Å². The summed E-state index contributed by atoms with van der Waals surface area (Å²) in [5.41, 5.74) is 7.79. The average Bonchev–Trinajstić information content (AvgIpc) is 2.80. The zero-order valence-corrected chi connectivity index (χ0v) is 22.1. The summed E-state index contributed by atoms with van der Waals surface area (Å²) in [6, 6.07) is 2.93. The fraction of sp³-hybridized carbons (Fsp3) is 0.483. The number of fused-ring (bicyclic) bond motifs is 3. The van der Waals surface area contributed by atoms with E-state index in [9.17, 15) is 29.7 Å². The topological polar surface area (TPSA) is 150 Å². The predicted molar refractivity (Wildman–Crippen MR) is 140 cm³/mol. The number of primary amides is 1. The van der Waals surface area contributed by atoms with Crippen molar-refractivity contribution < 1.29 is 29.7 Å². The number of ketones is 2. The first kappa shape index (κ1) is 26.7. The van der Waals surface area contributed by atoms with Gasteiger partial charge in [-0.2, -0.15) is 0 Å². The van der Waals surface area contributed by atoms with Crippen LogP contribution in [0.15, 0.2) is 40.2 Å². The van der Waals surface area contributed by atoms with Crippen LogP contribution in [0.3, 0.4) is 0 Å². The number of allylic oxidation sites excluding steroid dienone is 3. The van der Waals surface area contributed by atoms with Crippen LogP contribution in [0.5, 0.6) is 5.75 Å². The van der Waals surface area contributed by atoms with Gasteiger partial charge in [-0.25, -0.2) is 0 Å². The Hall–Kier alpha value is -3.39. The lowest BCUT2D eigenvalue weighted by molar-refractivity contribution is -0.122. The third-order valence-corrected chi connectivity index (χ3v) is 7.89. The van der Waals surface area contributed by atoms with Gasteiger partial charge in [-0.1, -0.05) is 12.5 Å². The van der Waals surface area contributed by atoms with Crippen molar-refractivity contribution in [3.05, 3.63) is 56.9 Å². The molecule has 3 aliphatic carbocycles. The Labute approximate surface area is 216 Å². The summed E-state index contributed by atoms with van der Waals surface area (Å²) < 4.78 is 0. The summed E-state index contributed by atoms with van der Waals surface area (Å²) in [5, 5.41) is 36.0. The molecule has 1 saturated carbocycles. The molecule has 8 nitrogen and oxygen atoms in total. The summed E-state index contributed by atoms with van der Waals surface area (Å²) in [7, 11) is 0. The van der Waals surface area contributed by atoms with Gasteiger partial charge in [-0.05, 0) is 82.1 Å². The Bertz CT molecular complexity index is 1290. The lowest BCUT2D eigenvalue weighted by atomic mass is 9.59. The fourth-order valence-corrected chi connectivity index (χ4v) is 6.07. The Balaban J connectivity index is 1.83. The van der Waals surface area contributed by atoms with Gasteiger partial charge in [0.2, 0.25) is 0 Å². The number of hydrogen-bond acceptors (Lipinski definition) is 7. The molecule has 0 aliphatic heterocycles. The molecule has 0 radical (unpaired) electrons. The number of phenols is 1. The van der Waals surface area contributed by atoms with Crippen LogP contribution in [-0.4, -0.2) is 44.9 Å². The van der Waals surface area contributed by atoms with Crippen molar-refractivity contribution in [1.82, 2.24) is 5.32 Å². The van der Waals surface area contributed by atoms with E-state index in [0.717, 1.165) is 5.57 Å². The molecule has 3 aliphatic rings. The van der Waals surface area contributed by atoms with Gasteiger partial charge in [-0.3, -0.25) is 14.4 Å². The number of carbonyl (C=O) groups is 3. The number of carbonyl (C=O) groups excluding carboxylic acids is 3. The van der Waals surface area contributed by atoms with Gasteiger partial charge in [-0.15, -0.1) is 0 Å². The number of phenolic OH excluding ortho intramolecular Hbond substituents is 1. The Kier molecular flexibility index (Phi) is 6.84. The third kappa shape index (κ3) is 4.59. The smallest absolute Gasteiger partial charge is 0.252 e. The molecule has 1 aromatic carbocycles. The molecule has 0 heterocycles. The minimum absolute atomic E-state index is 0.00854. The van der Waals surface area contributed by atoms with Crippen molar-refractivity contribution in [2.45, 2.75) is 65.8 Å².